The molecule has 2 aromatic rings. The third-order valence-corrected chi connectivity index (χ3v) is 5.22. The molecule has 122 valence electrons. The number of ether oxygens (including phenoxy) is 1. The molecule has 1 aromatic carbocycles. The summed E-state index contributed by atoms with van der Waals surface area (Å²) in [6.45, 7) is 4.43. The lowest BCUT2D eigenvalue weighted by molar-refractivity contribution is 0.151. The molecule has 1 aromatic heterocycles. The van der Waals surface area contributed by atoms with Crippen LogP contribution in [-0.2, 0) is 13.0 Å². The molecule has 0 unspecified atom stereocenters. The zero-order chi connectivity index (χ0) is 15.6. The molecule has 23 heavy (non-hydrogen) atoms. The minimum atomic E-state index is 0.695. The first-order valence-corrected chi connectivity index (χ1v) is 8.47. The first-order valence-electron chi connectivity index (χ1n) is 8.47. The van der Waals surface area contributed by atoms with E-state index in [4.69, 9.17) is 4.74 Å². The molecular formula is C18H24N4O. The summed E-state index contributed by atoms with van der Waals surface area (Å²) >= 11 is 0. The number of aromatic nitrogens is 2. The van der Waals surface area contributed by atoms with Crippen molar-refractivity contribution < 1.29 is 4.74 Å². The molecule has 1 N–H and O–H groups in total. The number of fused-ring (bicyclic) bond motifs is 1. The third kappa shape index (κ3) is 2.93. The standard InChI is InChI=1S/C18H24N4O/c1-23-16-4-2-14(3-5-16)21-9-6-15(7-10-21)22-11-8-17-18(12-22)20-13-19-17/h2-5,13,15H,6-12H2,1H3,(H,19,20). The number of rotatable bonds is 3. The van der Waals surface area contributed by atoms with E-state index in [1.807, 2.05) is 18.5 Å². The van der Waals surface area contributed by atoms with E-state index in [2.05, 4.69) is 31.9 Å². The second kappa shape index (κ2) is 6.24. The van der Waals surface area contributed by atoms with Gasteiger partial charge in [0.25, 0.3) is 0 Å². The Kier molecular flexibility index (Phi) is 3.95. The van der Waals surface area contributed by atoms with E-state index in [-0.39, 0.29) is 0 Å². The Balaban J connectivity index is 1.35. The highest BCUT2D eigenvalue weighted by atomic mass is 16.5. The number of hydrogen-bond donors (Lipinski definition) is 1. The van der Waals surface area contributed by atoms with Crippen LogP contribution in [0.1, 0.15) is 24.2 Å². The zero-order valence-electron chi connectivity index (χ0n) is 13.7. The zero-order valence-corrected chi connectivity index (χ0v) is 13.7. The molecule has 1 fully saturated rings. The lowest BCUT2D eigenvalue weighted by atomic mass is 9.99. The lowest BCUT2D eigenvalue weighted by Crippen LogP contribution is -2.46. The van der Waals surface area contributed by atoms with Crippen molar-refractivity contribution in [1.82, 2.24) is 14.9 Å². The number of anilines is 1. The summed E-state index contributed by atoms with van der Waals surface area (Å²) < 4.78 is 5.24. The quantitative estimate of drug-likeness (QED) is 0.945. The second-order valence-electron chi connectivity index (χ2n) is 6.46. The highest BCUT2D eigenvalue weighted by molar-refractivity contribution is 5.49. The molecule has 5 heteroatoms. The van der Waals surface area contributed by atoms with Gasteiger partial charge in [0.15, 0.2) is 0 Å². The Morgan fingerprint density at radius 2 is 1.91 bits per heavy atom. The topological polar surface area (TPSA) is 44.4 Å². The van der Waals surface area contributed by atoms with Crippen molar-refractivity contribution in [3.8, 4) is 5.75 Å². The van der Waals surface area contributed by atoms with Crippen LogP contribution in [0.25, 0.3) is 0 Å². The van der Waals surface area contributed by atoms with Gasteiger partial charge >= 0.3 is 0 Å². The Morgan fingerprint density at radius 3 is 2.65 bits per heavy atom. The maximum absolute atomic E-state index is 5.24. The monoisotopic (exact) mass is 312 g/mol. The van der Waals surface area contributed by atoms with Gasteiger partial charge in [-0.15, -0.1) is 0 Å². The summed E-state index contributed by atoms with van der Waals surface area (Å²) in [4.78, 5) is 12.8. The number of piperidine rings is 1. The number of aromatic amines is 1. The van der Waals surface area contributed by atoms with E-state index in [1.165, 1.54) is 29.9 Å². The fourth-order valence-corrected chi connectivity index (χ4v) is 3.83. The summed E-state index contributed by atoms with van der Waals surface area (Å²) in [7, 11) is 1.71. The van der Waals surface area contributed by atoms with Crippen molar-refractivity contribution in [2.75, 3.05) is 31.6 Å². The van der Waals surface area contributed by atoms with Gasteiger partial charge in [0.2, 0.25) is 0 Å². The van der Waals surface area contributed by atoms with Crippen LogP contribution in [0.2, 0.25) is 0 Å². The Bertz CT molecular complexity index is 643. The summed E-state index contributed by atoms with van der Waals surface area (Å²) in [5, 5.41) is 0. The van der Waals surface area contributed by atoms with E-state index in [0.29, 0.717) is 6.04 Å². The van der Waals surface area contributed by atoms with Gasteiger partial charge in [-0.3, -0.25) is 4.90 Å². The van der Waals surface area contributed by atoms with Crippen molar-refractivity contribution in [3.63, 3.8) is 0 Å². The lowest BCUT2D eigenvalue weighted by Gasteiger charge is -2.40. The first kappa shape index (κ1) is 14.6. The number of benzene rings is 1. The predicted molar refractivity (Wildman–Crippen MR) is 90.9 cm³/mol. The fourth-order valence-electron chi connectivity index (χ4n) is 3.83. The largest absolute Gasteiger partial charge is 0.497 e. The molecule has 5 nitrogen and oxygen atoms in total. The molecule has 0 spiro atoms. The van der Waals surface area contributed by atoms with Crippen LogP contribution < -0.4 is 9.64 Å². The number of methoxy groups -OCH3 is 1. The molecule has 0 atom stereocenters. The molecule has 3 heterocycles. The minimum Gasteiger partial charge on any atom is -0.497 e. The van der Waals surface area contributed by atoms with Crippen molar-refractivity contribution in [2.45, 2.75) is 31.8 Å². The Morgan fingerprint density at radius 1 is 1.13 bits per heavy atom. The molecule has 2 aliphatic rings. The normalized spacial score (nSPS) is 19.6. The fraction of sp³-hybridized carbons (Fsp3) is 0.500. The molecular weight excluding hydrogens is 288 g/mol. The highest BCUT2D eigenvalue weighted by Crippen LogP contribution is 2.27. The van der Waals surface area contributed by atoms with Gasteiger partial charge in [-0.05, 0) is 37.1 Å². The van der Waals surface area contributed by atoms with Crippen LogP contribution in [-0.4, -0.2) is 47.7 Å². The molecule has 0 aliphatic carbocycles. The SMILES string of the molecule is COc1ccc(N2CCC(N3CCc4nc[nH]c4C3)CC2)cc1. The van der Waals surface area contributed by atoms with Gasteiger partial charge in [-0.2, -0.15) is 0 Å². The molecule has 4 rings (SSSR count). The number of nitrogens with zero attached hydrogens (tertiary/aromatic N) is 3. The summed E-state index contributed by atoms with van der Waals surface area (Å²) in [6.07, 6.45) is 5.38. The van der Waals surface area contributed by atoms with Gasteiger partial charge < -0.3 is 14.6 Å². The molecule has 0 radical (unpaired) electrons. The van der Waals surface area contributed by atoms with Crippen LogP contribution in [0.3, 0.4) is 0 Å². The van der Waals surface area contributed by atoms with Crippen molar-refractivity contribution >= 4 is 5.69 Å². The van der Waals surface area contributed by atoms with Crippen molar-refractivity contribution in [2.24, 2.45) is 0 Å². The van der Waals surface area contributed by atoms with Crippen LogP contribution in [0.5, 0.6) is 5.75 Å². The number of imidazole rings is 1. The number of H-pyrrole nitrogens is 1. The van der Waals surface area contributed by atoms with E-state index in [1.54, 1.807) is 7.11 Å². The highest BCUT2D eigenvalue weighted by Gasteiger charge is 2.28. The van der Waals surface area contributed by atoms with Crippen LogP contribution in [0, 0.1) is 0 Å². The number of hydrogen-bond acceptors (Lipinski definition) is 4. The molecule has 0 amide bonds. The van der Waals surface area contributed by atoms with Crippen LogP contribution >= 0.6 is 0 Å². The summed E-state index contributed by atoms with van der Waals surface area (Å²) in [5.41, 5.74) is 3.88. The van der Waals surface area contributed by atoms with Gasteiger partial charge in [-0.1, -0.05) is 0 Å². The maximum Gasteiger partial charge on any atom is 0.119 e. The van der Waals surface area contributed by atoms with E-state index in [9.17, 15) is 0 Å². The average molecular weight is 312 g/mol. The van der Waals surface area contributed by atoms with Gasteiger partial charge in [0.05, 0.1) is 24.8 Å². The Labute approximate surface area is 137 Å². The van der Waals surface area contributed by atoms with E-state index < -0.39 is 0 Å². The van der Waals surface area contributed by atoms with Gasteiger partial charge in [0, 0.05) is 44.3 Å². The number of nitrogens with one attached hydrogen (secondary N) is 1. The van der Waals surface area contributed by atoms with Crippen molar-refractivity contribution in [3.05, 3.63) is 42.0 Å². The molecule has 0 saturated carbocycles. The summed E-state index contributed by atoms with van der Waals surface area (Å²) in [6, 6.07) is 9.12. The van der Waals surface area contributed by atoms with E-state index >= 15 is 0 Å². The molecule has 0 bridgehead atoms. The minimum absolute atomic E-state index is 0.695. The third-order valence-electron chi connectivity index (χ3n) is 5.22. The predicted octanol–water partition coefficient (Wildman–Crippen LogP) is 2.45. The van der Waals surface area contributed by atoms with Gasteiger partial charge in [0.1, 0.15) is 5.75 Å². The first-order chi connectivity index (χ1) is 11.3. The van der Waals surface area contributed by atoms with E-state index in [0.717, 1.165) is 38.3 Å². The van der Waals surface area contributed by atoms with Gasteiger partial charge in [-0.25, -0.2) is 4.98 Å². The van der Waals surface area contributed by atoms with Crippen molar-refractivity contribution in [1.29, 1.82) is 0 Å². The average Bonchev–Trinajstić information content (AvgIpc) is 3.10. The van der Waals surface area contributed by atoms with Crippen LogP contribution in [0.15, 0.2) is 30.6 Å². The second-order valence-corrected chi connectivity index (χ2v) is 6.46. The maximum atomic E-state index is 5.24. The Hall–Kier alpha value is -2.01. The smallest absolute Gasteiger partial charge is 0.119 e. The summed E-state index contributed by atoms with van der Waals surface area (Å²) in [5.74, 6) is 0.923. The van der Waals surface area contributed by atoms with Crippen LogP contribution in [0.4, 0.5) is 5.69 Å². The molecule has 2 aliphatic heterocycles. The molecule has 1 saturated heterocycles.